The van der Waals surface area contributed by atoms with Gasteiger partial charge in [0.15, 0.2) is 5.57 Å². The Morgan fingerprint density at radius 2 is 2.20 bits per heavy atom. The van der Waals surface area contributed by atoms with E-state index in [-0.39, 0.29) is 17.0 Å². The molecule has 1 aliphatic heterocycles. The van der Waals surface area contributed by atoms with Crippen LogP contribution in [0.15, 0.2) is 21.6 Å². The van der Waals surface area contributed by atoms with Crippen molar-refractivity contribution in [2.45, 2.75) is 13.5 Å². The summed E-state index contributed by atoms with van der Waals surface area (Å²) in [6.45, 7) is 4.09. The number of nitrogens with zero attached hydrogens (tertiary/aromatic N) is 3. The van der Waals surface area contributed by atoms with Crippen LogP contribution >= 0.6 is 22.7 Å². The number of hydrogen-bond acceptors (Lipinski definition) is 6. The van der Waals surface area contributed by atoms with E-state index < -0.39 is 0 Å². The number of morpholine rings is 1. The molecule has 0 aromatic carbocycles. The van der Waals surface area contributed by atoms with Gasteiger partial charge in [0.2, 0.25) is 0 Å². The van der Waals surface area contributed by atoms with Crippen molar-refractivity contribution >= 4 is 40.2 Å². The Morgan fingerprint density at radius 1 is 1.44 bits per heavy atom. The highest BCUT2D eigenvalue weighted by Crippen LogP contribution is 2.07. The fourth-order valence-electron chi connectivity index (χ4n) is 2.61. The van der Waals surface area contributed by atoms with Crippen LogP contribution in [0.25, 0.3) is 11.6 Å². The second kappa shape index (κ2) is 7.78. The highest BCUT2D eigenvalue weighted by atomic mass is 32.1. The van der Waals surface area contributed by atoms with Gasteiger partial charge >= 0.3 is 0 Å². The summed E-state index contributed by atoms with van der Waals surface area (Å²) in [5.74, 6) is -0.337. The fraction of sp³-hybridized carbons (Fsp3) is 0.353. The zero-order valence-corrected chi connectivity index (χ0v) is 15.4. The summed E-state index contributed by atoms with van der Waals surface area (Å²) < 4.78 is 7.70. The molecule has 1 fully saturated rings. The van der Waals surface area contributed by atoms with E-state index in [1.54, 1.807) is 22.3 Å². The van der Waals surface area contributed by atoms with Crippen LogP contribution in [-0.4, -0.2) is 41.7 Å². The summed E-state index contributed by atoms with van der Waals surface area (Å²) in [6, 6.07) is 3.94. The first-order chi connectivity index (χ1) is 12.2. The van der Waals surface area contributed by atoms with Crippen molar-refractivity contribution in [1.82, 2.24) is 9.47 Å². The third kappa shape index (κ3) is 3.58. The van der Waals surface area contributed by atoms with Crippen LogP contribution in [-0.2, 0) is 16.1 Å². The minimum Gasteiger partial charge on any atom is -0.378 e. The first-order valence-corrected chi connectivity index (χ1v) is 9.66. The van der Waals surface area contributed by atoms with Crippen molar-refractivity contribution in [2.75, 3.05) is 26.3 Å². The third-order valence-electron chi connectivity index (χ3n) is 3.90. The van der Waals surface area contributed by atoms with Crippen LogP contribution < -0.4 is 14.8 Å². The molecule has 3 rings (SSSR count). The summed E-state index contributed by atoms with van der Waals surface area (Å²) in [7, 11) is 0. The van der Waals surface area contributed by atoms with Gasteiger partial charge in [-0.3, -0.25) is 14.2 Å². The number of carbonyl (C=O) groups is 1. The molecule has 0 spiro atoms. The normalized spacial score (nSPS) is 16.6. The zero-order chi connectivity index (χ0) is 17.8. The molecule has 0 atom stereocenters. The number of carbonyl (C=O) groups excluding carboxylic acids is 1. The van der Waals surface area contributed by atoms with Crippen molar-refractivity contribution < 1.29 is 9.53 Å². The molecule has 8 heteroatoms. The maximum absolute atomic E-state index is 12.7. The lowest BCUT2D eigenvalue weighted by Crippen LogP contribution is -2.42. The molecule has 0 N–H and O–H groups in total. The van der Waals surface area contributed by atoms with Gasteiger partial charge in [0.25, 0.3) is 11.5 Å². The molecule has 25 heavy (non-hydrogen) atoms. The van der Waals surface area contributed by atoms with E-state index in [9.17, 15) is 14.9 Å². The van der Waals surface area contributed by atoms with Crippen LogP contribution in [0.3, 0.4) is 0 Å². The predicted octanol–water partition coefficient (Wildman–Crippen LogP) is 0.353. The molecule has 0 saturated carbocycles. The van der Waals surface area contributed by atoms with Crippen molar-refractivity contribution in [1.29, 1.82) is 5.26 Å². The molecule has 130 valence electrons. The van der Waals surface area contributed by atoms with Crippen LogP contribution in [0.5, 0.6) is 0 Å². The molecule has 0 aliphatic carbocycles. The molecule has 2 aromatic rings. The largest absolute Gasteiger partial charge is 0.378 e. The van der Waals surface area contributed by atoms with E-state index in [0.29, 0.717) is 42.0 Å². The van der Waals surface area contributed by atoms with Crippen molar-refractivity contribution in [3.8, 4) is 6.07 Å². The molecule has 1 amide bonds. The Morgan fingerprint density at radius 3 is 2.80 bits per heavy atom. The highest BCUT2D eigenvalue weighted by molar-refractivity contribution is 7.08. The molecule has 2 aromatic heterocycles. The second-order valence-corrected chi connectivity index (χ2v) is 7.22. The number of ether oxygens (including phenoxy) is 1. The van der Waals surface area contributed by atoms with Crippen molar-refractivity contribution in [3.63, 3.8) is 0 Å². The van der Waals surface area contributed by atoms with Crippen LogP contribution in [0, 0.1) is 11.3 Å². The van der Waals surface area contributed by atoms with Gasteiger partial charge in [0.05, 0.1) is 17.7 Å². The molecule has 0 unspecified atom stereocenters. The average molecular weight is 375 g/mol. The number of amides is 1. The van der Waals surface area contributed by atoms with Crippen LogP contribution in [0.2, 0.25) is 0 Å². The van der Waals surface area contributed by atoms with E-state index in [1.807, 2.05) is 29.8 Å². The number of aromatic nitrogens is 1. The van der Waals surface area contributed by atoms with Gasteiger partial charge in [-0.05, 0) is 35.4 Å². The summed E-state index contributed by atoms with van der Waals surface area (Å²) in [5.41, 5.74) is 0.795. The van der Waals surface area contributed by atoms with Crippen molar-refractivity contribution in [3.05, 3.63) is 41.9 Å². The van der Waals surface area contributed by atoms with Gasteiger partial charge in [-0.15, -0.1) is 11.3 Å². The zero-order valence-electron chi connectivity index (χ0n) is 13.7. The van der Waals surface area contributed by atoms with Gasteiger partial charge in [0.1, 0.15) is 10.7 Å². The Hall–Kier alpha value is -2.21. The number of rotatable bonds is 3. The summed E-state index contributed by atoms with van der Waals surface area (Å²) in [4.78, 5) is 27.0. The predicted molar refractivity (Wildman–Crippen MR) is 97.8 cm³/mol. The summed E-state index contributed by atoms with van der Waals surface area (Å²) >= 11 is 2.75. The minimum absolute atomic E-state index is 0.0239. The standard InChI is InChI=1S/C17H17N3O3S2/c1-2-20-16(22)14(9-12-3-8-24-11-12)25-17(20)13(10-18)15(21)19-4-6-23-7-5-19/h3,8-9,11H,2,4-7H2,1H3. The van der Waals surface area contributed by atoms with Gasteiger partial charge in [-0.1, -0.05) is 0 Å². The van der Waals surface area contributed by atoms with Gasteiger partial charge < -0.3 is 9.64 Å². The maximum atomic E-state index is 12.7. The van der Waals surface area contributed by atoms with E-state index in [4.69, 9.17) is 4.74 Å². The highest BCUT2D eigenvalue weighted by Gasteiger charge is 2.23. The Balaban J connectivity index is 2.16. The van der Waals surface area contributed by atoms with E-state index in [0.717, 1.165) is 5.56 Å². The SMILES string of the molecule is CCn1c(=C(C#N)C(=O)N2CCOCC2)sc(=Cc2ccsc2)c1=O. The van der Waals surface area contributed by atoms with Crippen molar-refractivity contribution in [2.24, 2.45) is 0 Å². The van der Waals surface area contributed by atoms with E-state index in [2.05, 4.69) is 0 Å². The monoisotopic (exact) mass is 375 g/mol. The third-order valence-corrected chi connectivity index (χ3v) is 5.73. The van der Waals surface area contributed by atoms with Crippen LogP contribution in [0.4, 0.5) is 0 Å². The molecular formula is C17H17N3O3S2. The van der Waals surface area contributed by atoms with Gasteiger partial charge in [-0.2, -0.15) is 16.6 Å². The molecule has 3 heterocycles. The lowest BCUT2D eigenvalue weighted by Gasteiger charge is -2.26. The molecule has 1 saturated heterocycles. The summed E-state index contributed by atoms with van der Waals surface area (Å²) in [5, 5.41) is 13.5. The van der Waals surface area contributed by atoms with E-state index in [1.165, 1.54) is 15.9 Å². The lowest BCUT2D eigenvalue weighted by molar-refractivity contribution is -0.128. The first-order valence-electron chi connectivity index (χ1n) is 7.90. The average Bonchev–Trinajstić information content (AvgIpc) is 3.25. The Kier molecular flexibility index (Phi) is 5.48. The smallest absolute Gasteiger partial charge is 0.269 e. The Labute approximate surface area is 152 Å². The first kappa shape index (κ1) is 17.6. The molecule has 6 nitrogen and oxygen atoms in total. The number of nitriles is 1. The van der Waals surface area contributed by atoms with Crippen LogP contribution in [0.1, 0.15) is 12.5 Å². The number of thiophene rings is 1. The van der Waals surface area contributed by atoms with Gasteiger partial charge in [0, 0.05) is 19.6 Å². The number of thiazole rings is 1. The molecule has 0 radical (unpaired) electrons. The lowest BCUT2D eigenvalue weighted by atomic mass is 10.2. The maximum Gasteiger partial charge on any atom is 0.269 e. The molecule has 1 aliphatic rings. The topological polar surface area (TPSA) is 75.3 Å². The molecule has 0 bridgehead atoms. The quantitative estimate of drug-likeness (QED) is 0.776. The fourth-order valence-corrected chi connectivity index (χ4v) is 4.39. The van der Waals surface area contributed by atoms with Gasteiger partial charge in [-0.25, -0.2) is 0 Å². The van der Waals surface area contributed by atoms with E-state index >= 15 is 0 Å². The number of hydrogen-bond donors (Lipinski definition) is 0. The summed E-state index contributed by atoms with van der Waals surface area (Å²) in [6.07, 6.45) is 1.80. The molecular weight excluding hydrogens is 358 g/mol. The Bertz CT molecular complexity index is 974. The minimum atomic E-state index is -0.337. The second-order valence-electron chi connectivity index (χ2n) is 5.41.